The quantitative estimate of drug-likeness (QED) is 0.160. The Bertz CT molecular complexity index is 1470. The van der Waals surface area contributed by atoms with E-state index in [0.717, 1.165) is 16.3 Å². The van der Waals surface area contributed by atoms with Gasteiger partial charge in [0.25, 0.3) is 5.91 Å². The topological polar surface area (TPSA) is 91.6 Å². The predicted octanol–water partition coefficient (Wildman–Crippen LogP) is 6.72. The number of ether oxygens (including phenoxy) is 2. The molecule has 0 radical (unpaired) electrons. The highest BCUT2D eigenvalue weighted by Crippen LogP contribution is 2.38. The molecule has 2 N–H and O–H groups in total. The lowest BCUT2D eigenvalue weighted by atomic mass is 10.1. The Balaban J connectivity index is 1.59. The van der Waals surface area contributed by atoms with Gasteiger partial charge in [-0.05, 0) is 71.3 Å². The number of carbonyl (C=O) groups is 1. The van der Waals surface area contributed by atoms with Crippen molar-refractivity contribution in [2.24, 2.45) is 0 Å². The second kappa shape index (κ2) is 11.3. The number of nitriles is 1. The first-order valence-corrected chi connectivity index (χ1v) is 11.6. The normalized spacial score (nSPS) is 11.1. The van der Waals surface area contributed by atoms with Gasteiger partial charge in [0, 0.05) is 5.69 Å². The van der Waals surface area contributed by atoms with Crippen LogP contribution < -0.4 is 14.8 Å². The molecule has 36 heavy (non-hydrogen) atoms. The molecule has 4 rings (SSSR count). The smallest absolute Gasteiger partial charge is 0.266 e. The van der Waals surface area contributed by atoms with E-state index in [1.54, 1.807) is 12.1 Å². The van der Waals surface area contributed by atoms with Crippen molar-refractivity contribution in [1.29, 1.82) is 5.26 Å². The summed E-state index contributed by atoms with van der Waals surface area (Å²) in [4.78, 5) is 12.6. The van der Waals surface area contributed by atoms with Gasteiger partial charge < -0.3 is 19.9 Å². The van der Waals surface area contributed by atoms with Crippen LogP contribution in [0.1, 0.15) is 18.1 Å². The van der Waals surface area contributed by atoms with Crippen LogP contribution in [0.2, 0.25) is 5.02 Å². The fraction of sp³-hybridized carbons (Fsp3) is 0.103. The molecule has 0 atom stereocenters. The summed E-state index contributed by atoms with van der Waals surface area (Å²) >= 11 is 6.56. The first-order chi connectivity index (χ1) is 17.5. The van der Waals surface area contributed by atoms with Crippen LogP contribution in [0, 0.1) is 11.3 Å². The number of aromatic hydroxyl groups is 1. The van der Waals surface area contributed by atoms with E-state index >= 15 is 0 Å². The van der Waals surface area contributed by atoms with Crippen molar-refractivity contribution in [1.82, 2.24) is 0 Å². The Kier molecular flexibility index (Phi) is 7.74. The molecule has 0 aromatic heterocycles. The van der Waals surface area contributed by atoms with Crippen LogP contribution in [0.3, 0.4) is 0 Å². The molecule has 0 fully saturated rings. The lowest BCUT2D eigenvalue weighted by Gasteiger charge is -2.15. The Morgan fingerprint density at radius 2 is 1.81 bits per heavy atom. The molecule has 0 saturated carbocycles. The maximum atomic E-state index is 12.6. The van der Waals surface area contributed by atoms with Crippen LogP contribution in [-0.2, 0) is 11.4 Å². The number of phenolic OH excluding ortho intramolecular Hbond substituents is 1. The zero-order valence-corrected chi connectivity index (χ0v) is 20.3. The molecule has 0 aliphatic carbocycles. The standard InChI is InChI=1S/C29H23ClN2O4/c1-2-35-27-16-19(14-22(17-31)29(34)32-23-10-12-24(33)13-11-23)15-26(30)28(27)36-18-21-8-5-7-20-6-3-4-9-25(20)21/h3-16,33H,2,18H2,1H3,(H,32,34)/b22-14+. The summed E-state index contributed by atoms with van der Waals surface area (Å²) in [5, 5.41) is 24.1. The van der Waals surface area contributed by atoms with E-state index < -0.39 is 5.91 Å². The van der Waals surface area contributed by atoms with Crippen molar-refractivity contribution in [3.63, 3.8) is 0 Å². The molecule has 0 spiro atoms. The highest BCUT2D eigenvalue weighted by molar-refractivity contribution is 6.32. The molecule has 180 valence electrons. The van der Waals surface area contributed by atoms with E-state index in [2.05, 4.69) is 5.32 Å². The average Bonchev–Trinajstić information content (AvgIpc) is 2.88. The molecule has 1 amide bonds. The van der Waals surface area contributed by atoms with Crippen molar-refractivity contribution in [2.75, 3.05) is 11.9 Å². The molecule has 0 aliphatic rings. The van der Waals surface area contributed by atoms with Crippen molar-refractivity contribution < 1.29 is 19.4 Å². The van der Waals surface area contributed by atoms with E-state index in [0.29, 0.717) is 34.4 Å². The van der Waals surface area contributed by atoms with Crippen molar-refractivity contribution in [3.8, 4) is 23.3 Å². The second-order valence-corrected chi connectivity index (χ2v) is 8.27. The van der Waals surface area contributed by atoms with Crippen LogP contribution in [0.5, 0.6) is 17.2 Å². The summed E-state index contributed by atoms with van der Waals surface area (Å²) in [5.41, 5.74) is 1.85. The number of hydrogen-bond acceptors (Lipinski definition) is 5. The van der Waals surface area contributed by atoms with Crippen molar-refractivity contribution in [3.05, 3.63) is 101 Å². The maximum Gasteiger partial charge on any atom is 0.266 e. The number of phenols is 1. The number of fused-ring (bicyclic) bond motifs is 1. The van der Waals surface area contributed by atoms with E-state index in [1.807, 2.05) is 55.5 Å². The van der Waals surface area contributed by atoms with Gasteiger partial charge in [-0.25, -0.2) is 0 Å². The van der Waals surface area contributed by atoms with Gasteiger partial charge in [0.15, 0.2) is 11.5 Å². The molecular formula is C29H23ClN2O4. The monoisotopic (exact) mass is 498 g/mol. The fourth-order valence-corrected chi connectivity index (χ4v) is 3.97. The lowest BCUT2D eigenvalue weighted by molar-refractivity contribution is -0.112. The third-order valence-electron chi connectivity index (χ3n) is 5.38. The molecule has 0 bridgehead atoms. The summed E-state index contributed by atoms with van der Waals surface area (Å²) < 4.78 is 11.9. The number of rotatable bonds is 8. The lowest BCUT2D eigenvalue weighted by Crippen LogP contribution is -2.13. The number of halogens is 1. The molecule has 0 aliphatic heterocycles. The number of carbonyl (C=O) groups excluding carboxylic acids is 1. The van der Waals surface area contributed by atoms with E-state index in [9.17, 15) is 15.2 Å². The van der Waals surface area contributed by atoms with Crippen molar-refractivity contribution >= 4 is 40.0 Å². The van der Waals surface area contributed by atoms with E-state index in [4.69, 9.17) is 21.1 Å². The third-order valence-corrected chi connectivity index (χ3v) is 5.67. The molecular weight excluding hydrogens is 476 g/mol. The Morgan fingerprint density at radius 1 is 1.06 bits per heavy atom. The van der Waals surface area contributed by atoms with Gasteiger partial charge in [-0.3, -0.25) is 4.79 Å². The number of nitrogens with one attached hydrogen (secondary N) is 1. The minimum absolute atomic E-state index is 0.0740. The predicted molar refractivity (Wildman–Crippen MR) is 141 cm³/mol. The highest BCUT2D eigenvalue weighted by atomic mass is 35.5. The second-order valence-electron chi connectivity index (χ2n) is 7.86. The maximum absolute atomic E-state index is 12.6. The highest BCUT2D eigenvalue weighted by Gasteiger charge is 2.15. The molecule has 0 heterocycles. The van der Waals surface area contributed by atoms with E-state index in [-0.39, 0.29) is 17.9 Å². The average molecular weight is 499 g/mol. The number of hydrogen-bond donors (Lipinski definition) is 2. The molecule has 0 unspecified atom stereocenters. The van der Waals surface area contributed by atoms with Crippen LogP contribution in [0.15, 0.2) is 84.4 Å². The Morgan fingerprint density at radius 3 is 2.56 bits per heavy atom. The summed E-state index contributed by atoms with van der Waals surface area (Å²) in [6.45, 7) is 2.51. The number of anilines is 1. The van der Waals surface area contributed by atoms with Crippen LogP contribution in [0.25, 0.3) is 16.8 Å². The summed E-state index contributed by atoms with van der Waals surface area (Å²) in [5.74, 6) is 0.279. The Labute approximate surface area is 214 Å². The van der Waals surface area contributed by atoms with E-state index in [1.165, 1.54) is 30.3 Å². The molecule has 4 aromatic carbocycles. The van der Waals surface area contributed by atoms with Gasteiger partial charge in [-0.1, -0.05) is 54.1 Å². The molecule has 4 aromatic rings. The zero-order valence-electron chi connectivity index (χ0n) is 19.5. The van der Waals surface area contributed by atoms with Gasteiger partial charge in [0.05, 0.1) is 11.6 Å². The molecule has 6 nitrogen and oxygen atoms in total. The van der Waals surface area contributed by atoms with Gasteiger partial charge in [-0.2, -0.15) is 5.26 Å². The zero-order chi connectivity index (χ0) is 25.5. The first kappa shape index (κ1) is 24.6. The number of benzene rings is 4. The summed E-state index contributed by atoms with van der Waals surface area (Å²) in [6.07, 6.45) is 1.43. The number of amides is 1. The number of nitrogens with zero attached hydrogens (tertiary/aromatic N) is 1. The van der Waals surface area contributed by atoms with Crippen molar-refractivity contribution in [2.45, 2.75) is 13.5 Å². The van der Waals surface area contributed by atoms with Gasteiger partial charge >= 0.3 is 0 Å². The SMILES string of the molecule is CCOc1cc(/C=C(\C#N)C(=O)Nc2ccc(O)cc2)cc(Cl)c1OCc1cccc2ccccc12. The van der Waals surface area contributed by atoms with Gasteiger partial charge in [0.2, 0.25) is 0 Å². The minimum Gasteiger partial charge on any atom is -0.508 e. The van der Waals surface area contributed by atoms with Crippen LogP contribution in [-0.4, -0.2) is 17.6 Å². The Hall–Kier alpha value is -4.47. The van der Waals surface area contributed by atoms with Gasteiger partial charge in [-0.15, -0.1) is 0 Å². The minimum atomic E-state index is -0.589. The van der Waals surface area contributed by atoms with Crippen LogP contribution >= 0.6 is 11.6 Å². The largest absolute Gasteiger partial charge is 0.508 e. The fourth-order valence-electron chi connectivity index (χ4n) is 3.70. The van der Waals surface area contributed by atoms with Crippen LogP contribution in [0.4, 0.5) is 5.69 Å². The summed E-state index contributed by atoms with van der Waals surface area (Å²) in [6, 6.07) is 25.2. The first-order valence-electron chi connectivity index (χ1n) is 11.3. The van der Waals surface area contributed by atoms with Gasteiger partial charge in [0.1, 0.15) is 24.0 Å². The molecule has 7 heteroatoms. The summed E-state index contributed by atoms with van der Waals surface area (Å²) in [7, 11) is 0. The third kappa shape index (κ3) is 5.77. The molecule has 0 saturated heterocycles.